The van der Waals surface area contributed by atoms with Gasteiger partial charge in [0.2, 0.25) is 0 Å². The van der Waals surface area contributed by atoms with Gasteiger partial charge in [0.1, 0.15) is 0 Å². The van der Waals surface area contributed by atoms with E-state index < -0.39 is 0 Å². The molecule has 0 radical (unpaired) electrons. The largest absolute Gasteiger partial charge is 0.333 e. The van der Waals surface area contributed by atoms with E-state index in [4.69, 9.17) is 9.97 Å². The fraction of sp³-hybridized carbons (Fsp3) is 0.103. The van der Waals surface area contributed by atoms with Crippen LogP contribution in [0.1, 0.15) is 47.4 Å². The molecule has 2 heterocycles. The molecule has 0 amide bonds. The standard InChI is InChI=1S/C58H43N3/c1-2-13-38(14-3-1)39-27-30-47(31-28-39)61-55-26-9-8-23-50(55)51-32-29-45(36-56(51)61)43-18-11-16-41(34-43)40-15-10-17-42(33-40)44-19-12-20-46(35-44)54-37-59-57-52-24-6-4-21-48(52)49-22-5-7-25-53(49)58(57)60-54/h1-6,8-24,26-37,49-50,53,55H,7,25H2. The van der Waals surface area contributed by atoms with Crippen molar-refractivity contribution in [2.45, 2.75) is 36.6 Å². The molecule has 1 aromatic heterocycles. The Morgan fingerprint density at radius 1 is 0.475 bits per heavy atom. The molecule has 0 bridgehead atoms. The predicted molar refractivity (Wildman–Crippen MR) is 252 cm³/mol. The summed E-state index contributed by atoms with van der Waals surface area (Å²) in [6, 6.07) is 62.4. The van der Waals surface area contributed by atoms with Crippen molar-refractivity contribution >= 4 is 11.4 Å². The van der Waals surface area contributed by atoms with Crippen LogP contribution in [-0.4, -0.2) is 16.0 Å². The molecular weight excluding hydrogens is 739 g/mol. The summed E-state index contributed by atoms with van der Waals surface area (Å²) in [6.45, 7) is 0. The van der Waals surface area contributed by atoms with Crippen LogP contribution in [0.3, 0.4) is 0 Å². The lowest BCUT2D eigenvalue weighted by Crippen LogP contribution is -2.28. The zero-order valence-electron chi connectivity index (χ0n) is 33.8. The van der Waals surface area contributed by atoms with Crippen molar-refractivity contribution < 1.29 is 0 Å². The Kier molecular flexibility index (Phi) is 8.59. The van der Waals surface area contributed by atoms with E-state index in [-0.39, 0.29) is 6.04 Å². The highest BCUT2D eigenvalue weighted by atomic mass is 15.2. The van der Waals surface area contributed by atoms with Crippen molar-refractivity contribution in [1.29, 1.82) is 0 Å². The first-order chi connectivity index (χ1) is 30.2. The number of benzene rings is 7. The molecule has 3 heteroatoms. The molecule has 0 saturated carbocycles. The van der Waals surface area contributed by atoms with E-state index in [1.807, 2.05) is 6.20 Å². The van der Waals surface area contributed by atoms with E-state index in [2.05, 4.69) is 211 Å². The van der Waals surface area contributed by atoms with Gasteiger partial charge in [-0.1, -0.05) is 170 Å². The average molecular weight is 782 g/mol. The highest BCUT2D eigenvalue weighted by Crippen LogP contribution is 2.51. The number of fused-ring (bicyclic) bond motifs is 9. The molecular formula is C58H43N3. The molecule has 3 aliphatic carbocycles. The molecule has 4 unspecified atom stereocenters. The Hall–Kier alpha value is -7.36. The minimum absolute atomic E-state index is 0.240. The first kappa shape index (κ1) is 35.6. The fourth-order valence-electron chi connectivity index (χ4n) is 10.3. The van der Waals surface area contributed by atoms with Gasteiger partial charge >= 0.3 is 0 Å². The van der Waals surface area contributed by atoms with Crippen LogP contribution in [0.5, 0.6) is 0 Å². The van der Waals surface area contributed by atoms with Gasteiger partial charge < -0.3 is 4.90 Å². The smallest absolute Gasteiger partial charge is 0.0924 e. The average Bonchev–Trinajstić information content (AvgIpc) is 3.68. The quantitative estimate of drug-likeness (QED) is 0.157. The number of rotatable bonds is 6. The first-order valence-electron chi connectivity index (χ1n) is 21.6. The molecule has 12 rings (SSSR count). The van der Waals surface area contributed by atoms with Crippen molar-refractivity contribution in [2.75, 3.05) is 4.90 Å². The third-order valence-corrected chi connectivity index (χ3v) is 13.3. The fourth-order valence-corrected chi connectivity index (χ4v) is 10.3. The highest BCUT2D eigenvalue weighted by molar-refractivity contribution is 5.84. The molecule has 7 aromatic carbocycles. The lowest BCUT2D eigenvalue weighted by molar-refractivity contribution is 0.532. The second-order valence-corrected chi connectivity index (χ2v) is 16.8. The predicted octanol–water partition coefficient (Wildman–Crippen LogP) is 14.7. The summed E-state index contributed by atoms with van der Waals surface area (Å²) in [5.74, 6) is 1.02. The van der Waals surface area contributed by atoms with Gasteiger partial charge in [-0.25, -0.2) is 4.98 Å². The Balaban J connectivity index is 0.852. The number of allylic oxidation sites excluding steroid dienone is 4. The normalized spacial score (nSPS) is 19.1. The minimum Gasteiger partial charge on any atom is -0.333 e. The van der Waals surface area contributed by atoms with E-state index in [0.717, 1.165) is 35.5 Å². The maximum atomic E-state index is 5.38. The van der Waals surface area contributed by atoms with E-state index >= 15 is 0 Å². The van der Waals surface area contributed by atoms with Gasteiger partial charge in [0.05, 0.1) is 29.3 Å². The molecule has 4 aliphatic rings. The second kappa shape index (κ2) is 14.7. The lowest BCUT2D eigenvalue weighted by atomic mass is 9.71. The van der Waals surface area contributed by atoms with Crippen LogP contribution in [-0.2, 0) is 0 Å². The monoisotopic (exact) mass is 781 g/mol. The van der Waals surface area contributed by atoms with E-state index in [1.54, 1.807) is 0 Å². The van der Waals surface area contributed by atoms with Crippen LogP contribution in [0.2, 0.25) is 0 Å². The lowest BCUT2D eigenvalue weighted by Gasteiger charge is -2.34. The molecule has 3 nitrogen and oxygen atoms in total. The van der Waals surface area contributed by atoms with Gasteiger partial charge in [-0.3, -0.25) is 4.98 Å². The summed E-state index contributed by atoms with van der Waals surface area (Å²) in [4.78, 5) is 13.0. The van der Waals surface area contributed by atoms with Crippen molar-refractivity contribution in [3.8, 4) is 67.0 Å². The molecule has 290 valence electrons. The number of aromatic nitrogens is 2. The van der Waals surface area contributed by atoms with Crippen LogP contribution >= 0.6 is 0 Å². The zero-order chi connectivity index (χ0) is 40.3. The Labute approximate surface area is 357 Å². The molecule has 8 aromatic rings. The van der Waals surface area contributed by atoms with E-state index in [9.17, 15) is 0 Å². The minimum atomic E-state index is 0.240. The summed E-state index contributed by atoms with van der Waals surface area (Å²) in [6.07, 6.45) is 18.0. The maximum Gasteiger partial charge on any atom is 0.0924 e. The summed E-state index contributed by atoms with van der Waals surface area (Å²) >= 11 is 0. The summed E-state index contributed by atoms with van der Waals surface area (Å²) in [5, 5.41) is 0. The first-order valence-corrected chi connectivity index (χ1v) is 21.6. The molecule has 4 atom stereocenters. The number of hydrogen-bond acceptors (Lipinski definition) is 3. The second-order valence-electron chi connectivity index (χ2n) is 16.8. The topological polar surface area (TPSA) is 29.0 Å². The summed E-state index contributed by atoms with van der Waals surface area (Å²) < 4.78 is 0. The third kappa shape index (κ3) is 6.19. The zero-order valence-corrected chi connectivity index (χ0v) is 33.8. The van der Waals surface area contributed by atoms with Crippen molar-refractivity contribution in [2.24, 2.45) is 0 Å². The van der Waals surface area contributed by atoms with Crippen LogP contribution in [0.25, 0.3) is 67.0 Å². The third-order valence-electron chi connectivity index (χ3n) is 13.3. The van der Waals surface area contributed by atoms with Gasteiger partial charge in [-0.2, -0.15) is 0 Å². The van der Waals surface area contributed by atoms with Crippen molar-refractivity contribution in [3.05, 3.63) is 229 Å². The van der Waals surface area contributed by atoms with Crippen LogP contribution in [0.15, 0.2) is 213 Å². The van der Waals surface area contributed by atoms with Gasteiger partial charge in [-0.15, -0.1) is 0 Å². The maximum absolute atomic E-state index is 5.38. The Bertz CT molecular complexity index is 3060. The Morgan fingerprint density at radius 2 is 1.08 bits per heavy atom. The number of hydrogen-bond donors (Lipinski definition) is 0. The van der Waals surface area contributed by atoms with Crippen molar-refractivity contribution in [1.82, 2.24) is 9.97 Å². The molecule has 0 N–H and O–H groups in total. The van der Waals surface area contributed by atoms with Gasteiger partial charge in [0, 0.05) is 40.3 Å². The van der Waals surface area contributed by atoms with Crippen LogP contribution in [0, 0.1) is 0 Å². The number of anilines is 2. The molecule has 1 aliphatic heterocycles. The summed E-state index contributed by atoms with van der Waals surface area (Å²) in [7, 11) is 0. The van der Waals surface area contributed by atoms with Gasteiger partial charge in [0.15, 0.2) is 0 Å². The molecule has 0 saturated heterocycles. The van der Waals surface area contributed by atoms with Gasteiger partial charge in [0.25, 0.3) is 0 Å². The van der Waals surface area contributed by atoms with Gasteiger partial charge in [-0.05, 0) is 105 Å². The highest BCUT2D eigenvalue weighted by Gasteiger charge is 2.38. The summed E-state index contributed by atoms with van der Waals surface area (Å²) in [5.41, 5.74) is 20.3. The van der Waals surface area contributed by atoms with E-state index in [1.165, 1.54) is 72.6 Å². The van der Waals surface area contributed by atoms with Crippen LogP contribution < -0.4 is 4.90 Å². The molecule has 61 heavy (non-hydrogen) atoms. The van der Waals surface area contributed by atoms with E-state index in [0.29, 0.717) is 17.8 Å². The van der Waals surface area contributed by atoms with Crippen LogP contribution in [0.4, 0.5) is 11.4 Å². The molecule has 0 spiro atoms. The van der Waals surface area contributed by atoms with Crippen molar-refractivity contribution in [3.63, 3.8) is 0 Å². The Morgan fingerprint density at radius 3 is 1.84 bits per heavy atom. The SMILES string of the molecule is C1=CC2c3ccc(-c4cccc(-c5cccc(-c6cccc(-c7cnc8c(n7)C7CCC=CC7c7ccccc7-8)c6)c5)c4)cc3N(c3ccc(-c4ccccc4)cc3)C2C=C1. The number of nitrogens with zero attached hydrogens (tertiary/aromatic N) is 3. The molecule has 0 fully saturated rings.